The molecule has 1 saturated heterocycles. The number of hydrogen-bond acceptors (Lipinski definition) is 7. The lowest BCUT2D eigenvalue weighted by atomic mass is 10.2. The molecule has 2 aliphatic rings. The highest BCUT2D eigenvalue weighted by molar-refractivity contribution is 7.99. The predicted molar refractivity (Wildman–Crippen MR) is 116 cm³/mol. The number of benzene rings is 2. The molecule has 0 aliphatic carbocycles. The van der Waals surface area contributed by atoms with Crippen LogP contribution in [0.25, 0.3) is 0 Å². The van der Waals surface area contributed by atoms with Gasteiger partial charge >= 0.3 is 0 Å². The molecule has 3 heterocycles. The monoisotopic (exact) mass is 424 g/mol. The van der Waals surface area contributed by atoms with E-state index < -0.39 is 0 Å². The summed E-state index contributed by atoms with van der Waals surface area (Å²) in [6.07, 6.45) is -0.0291. The Kier molecular flexibility index (Phi) is 5.76. The molecule has 0 amide bonds. The zero-order valence-electron chi connectivity index (χ0n) is 16.6. The Hall–Kier alpha value is -2.71. The average molecular weight is 425 g/mol. The number of thioether (sulfide) groups is 1. The van der Waals surface area contributed by atoms with Crippen LogP contribution in [0.2, 0.25) is 0 Å². The molecule has 1 fully saturated rings. The van der Waals surface area contributed by atoms with E-state index in [1.54, 1.807) is 11.8 Å². The Balaban J connectivity index is 1.33. The van der Waals surface area contributed by atoms with Crippen molar-refractivity contribution in [3.8, 4) is 11.5 Å². The van der Waals surface area contributed by atoms with E-state index in [1.165, 1.54) is 5.56 Å². The third kappa shape index (κ3) is 4.24. The minimum Gasteiger partial charge on any atom is -0.486 e. The molecule has 7 nitrogen and oxygen atoms in total. The van der Waals surface area contributed by atoms with Crippen molar-refractivity contribution in [3.05, 3.63) is 60.2 Å². The van der Waals surface area contributed by atoms with Crippen molar-refractivity contribution in [1.82, 2.24) is 14.8 Å². The van der Waals surface area contributed by atoms with Crippen LogP contribution in [0.4, 0.5) is 5.95 Å². The lowest BCUT2D eigenvalue weighted by molar-refractivity contribution is 0.107. The molecule has 5 rings (SSSR count). The summed E-state index contributed by atoms with van der Waals surface area (Å²) in [4.78, 5) is 2.25. The highest BCUT2D eigenvalue weighted by Gasteiger charge is 2.24. The molecule has 8 heteroatoms. The van der Waals surface area contributed by atoms with Crippen molar-refractivity contribution in [2.24, 2.45) is 0 Å². The molecule has 156 valence electrons. The molecule has 0 radical (unpaired) electrons. The minimum absolute atomic E-state index is 0.0291. The van der Waals surface area contributed by atoms with Crippen LogP contribution >= 0.6 is 11.8 Å². The first-order valence-electron chi connectivity index (χ1n) is 10.2. The zero-order chi connectivity index (χ0) is 20.2. The molecule has 2 aromatic carbocycles. The first kappa shape index (κ1) is 19.3. The fourth-order valence-corrected chi connectivity index (χ4v) is 4.50. The van der Waals surface area contributed by atoms with Gasteiger partial charge in [0, 0.05) is 18.8 Å². The lowest BCUT2D eigenvalue weighted by Crippen LogP contribution is -2.38. The van der Waals surface area contributed by atoms with Crippen LogP contribution in [0.5, 0.6) is 11.5 Å². The normalized spacial score (nSPS) is 18.4. The summed E-state index contributed by atoms with van der Waals surface area (Å²) in [5.74, 6) is 3.25. The molecule has 3 aromatic rings. The first-order chi connectivity index (χ1) is 14.9. The molecular formula is C22H24N4O3S. The second-order valence-corrected chi connectivity index (χ2v) is 8.25. The molecular weight excluding hydrogens is 400 g/mol. The van der Waals surface area contributed by atoms with Gasteiger partial charge in [-0.15, -0.1) is 10.2 Å². The molecule has 0 bridgehead atoms. The number of ether oxygens (including phenoxy) is 3. The van der Waals surface area contributed by atoms with Gasteiger partial charge in [-0.25, -0.2) is 0 Å². The number of para-hydroxylation sites is 2. The van der Waals surface area contributed by atoms with Gasteiger partial charge in [0.05, 0.1) is 19.8 Å². The van der Waals surface area contributed by atoms with Crippen molar-refractivity contribution in [3.63, 3.8) is 0 Å². The second kappa shape index (κ2) is 8.97. The molecule has 0 saturated carbocycles. The first-order valence-corrected chi connectivity index (χ1v) is 11.2. The SMILES string of the molecule is c1ccc(Cn2c(SC[C@H]3COc4ccccc4O3)nnc2N2CCOCC2)cc1. The van der Waals surface area contributed by atoms with Crippen LogP contribution in [-0.2, 0) is 11.3 Å². The van der Waals surface area contributed by atoms with Gasteiger partial charge in [-0.05, 0) is 17.7 Å². The maximum absolute atomic E-state index is 6.10. The number of fused-ring (bicyclic) bond motifs is 1. The van der Waals surface area contributed by atoms with Crippen molar-refractivity contribution in [2.75, 3.05) is 43.6 Å². The Morgan fingerprint density at radius 2 is 1.70 bits per heavy atom. The van der Waals surface area contributed by atoms with Gasteiger partial charge < -0.3 is 19.1 Å². The number of hydrogen-bond donors (Lipinski definition) is 0. The minimum atomic E-state index is -0.0291. The maximum Gasteiger partial charge on any atom is 0.228 e. The molecule has 1 aromatic heterocycles. The summed E-state index contributed by atoms with van der Waals surface area (Å²) < 4.78 is 19.7. The Labute approximate surface area is 180 Å². The number of nitrogens with zero attached hydrogens (tertiary/aromatic N) is 4. The smallest absolute Gasteiger partial charge is 0.228 e. The molecule has 0 N–H and O–H groups in total. The number of rotatable bonds is 6. The fourth-order valence-electron chi connectivity index (χ4n) is 3.60. The van der Waals surface area contributed by atoms with Crippen LogP contribution in [0.1, 0.15) is 5.56 Å². The van der Waals surface area contributed by atoms with Gasteiger partial charge in [0.25, 0.3) is 0 Å². The van der Waals surface area contributed by atoms with Crippen LogP contribution in [-0.4, -0.2) is 59.5 Å². The predicted octanol–water partition coefficient (Wildman–Crippen LogP) is 3.10. The van der Waals surface area contributed by atoms with Crippen LogP contribution in [0.3, 0.4) is 0 Å². The van der Waals surface area contributed by atoms with Gasteiger partial charge in [-0.1, -0.05) is 54.2 Å². The molecule has 30 heavy (non-hydrogen) atoms. The summed E-state index contributed by atoms with van der Waals surface area (Å²) in [6.45, 7) is 4.35. The van der Waals surface area contributed by atoms with E-state index in [0.717, 1.165) is 48.0 Å². The highest BCUT2D eigenvalue weighted by Crippen LogP contribution is 2.33. The van der Waals surface area contributed by atoms with E-state index in [0.29, 0.717) is 19.8 Å². The van der Waals surface area contributed by atoms with E-state index in [9.17, 15) is 0 Å². The van der Waals surface area contributed by atoms with E-state index in [2.05, 4.69) is 43.9 Å². The Morgan fingerprint density at radius 3 is 2.53 bits per heavy atom. The summed E-state index contributed by atoms with van der Waals surface area (Å²) in [6, 6.07) is 18.2. The number of aromatic nitrogens is 3. The van der Waals surface area contributed by atoms with Gasteiger partial charge in [0.15, 0.2) is 16.7 Å². The van der Waals surface area contributed by atoms with Gasteiger partial charge in [-0.2, -0.15) is 0 Å². The fraction of sp³-hybridized carbons (Fsp3) is 0.364. The van der Waals surface area contributed by atoms with Crippen LogP contribution in [0.15, 0.2) is 59.8 Å². The van der Waals surface area contributed by atoms with E-state index in [-0.39, 0.29) is 6.10 Å². The highest BCUT2D eigenvalue weighted by atomic mass is 32.2. The van der Waals surface area contributed by atoms with Crippen molar-refractivity contribution in [1.29, 1.82) is 0 Å². The van der Waals surface area contributed by atoms with Gasteiger partial charge in [0.2, 0.25) is 5.95 Å². The van der Waals surface area contributed by atoms with Gasteiger partial charge in [-0.3, -0.25) is 4.57 Å². The van der Waals surface area contributed by atoms with Crippen LogP contribution in [0, 0.1) is 0 Å². The molecule has 0 spiro atoms. The molecule has 1 atom stereocenters. The third-order valence-corrected chi connectivity index (χ3v) is 6.24. The quantitative estimate of drug-likeness (QED) is 0.564. The summed E-state index contributed by atoms with van der Waals surface area (Å²) in [5.41, 5.74) is 1.22. The third-order valence-electron chi connectivity index (χ3n) is 5.14. The summed E-state index contributed by atoms with van der Waals surface area (Å²) in [5, 5.41) is 9.93. The Bertz CT molecular complexity index is 976. The number of anilines is 1. The van der Waals surface area contributed by atoms with E-state index in [4.69, 9.17) is 14.2 Å². The molecule has 2 aliphatic heterocycles. The topological polar surface area (TPSA) is 61.6 Å². The Morgan fingerprint density at radius 1 is 0.933 bits per heavy atom. The van der Waals surface area contributed by atoms with Crippen molar-refractivity contribution >= 4 is 17.7 Å². The lowest BCUT2D eigenvalue weighted by Gasteiger charge is -2.28. The van der Waals surface area contributed by atoms with Crippen molar-refractivity contribution in [2.45, 2.75) is 17.8 Å². The second-order valence-electron chi connectivity index (χ2n) is 7.26. The molecule has 0 unspecified atom stereocenters. The largest absolute Gasteiger partial charge is 0.486 e. The number of morpholine rings is 1. The van der Waals surface area contributed by atoms with Crippen LogP contribution < -0.4 is 14.4 Å². The zero-order valence-corrected chi connectivity index (χ0v) is 17.5. The maximum atomic E-state index is 6.10. The van der Waals surface area contributed by atoms with E-state index in [1.807, 2.05) is 30.3 Å². The van der Waals surface area contributed by atoms with E-state index >= 15 is 0 Å². The van der Waals surface area contributed by atoms with Crippen molar-refractivity contribution < 1.29 is 14.2 Å². The summed E-state index contributed by atoms with van der Waals surface area (Å²) in [7, 11) is 0. The standard InChI is InChI=1S/C22H24N4O3S/c1-2-6-17(7-3-1)14-26-21(25-10-12-27-13-11-25)23-24-22(26)30-16-18-15-28-19-8-4-5-9-20(19)29-18/h1-9,18H,10-16H2/t18-/m1/s1. The summed E-state index contributed by atoms with van der Waals surface area (Å²) >= 11 is 1.66. The van der Waals surface area contributed by atoms with Gasteiger partial charge in [0.1, 0.15) is 12.7 Å². The average Bonchev–Trinajstić information content (AvgIpc) is 3.21.